The third-order valence-electron chi connectivity index (χ3n) is 11.8. The van der Waals surface area contributed by atoms with Gasteiger partial charge in [-0.1, -0.05) is 24.3 Å². The van der Waals surface area contributed by atoms with E-state index in [0.29, 0.717) is 31.7 Å². The quantitative estimate of drug-likeness (QED) is 0.0793. The van der Waals surface area contributed by atoms with Crippen molar-refractivity contribution >= 4 is 55.3 Å². The lowest BCUT2D eigenvalue weighted by atomic mass is 9.93. The Bertz CT molecular complexity index is 3350. The first kappa shape index (κ1) is 58.5. The van der Waals surface area contributed by atoms with Gasteiger partial charge in [-0.25, -0.2) is 45.8 Å². The predicted octanol–water partition coefficient (Wildman–Crippen LogP) is 8.84. The number of nitrogens with zero attached hydrogens (tertiary/aromatic N) is 8. The van der Waals surface area contributed by atoms with Crippen molar-refractivity contribution in [2.75, 3.05) is 62.0 Å². The second kappa shape index (κ2) is 23.2. The van der Waals surface area contributed by atoms with Crippen LogP contribution in [0.2, 0.25) is 0 Å². The molecule has 0 unspecified atom stereocenters. The van der Waals surface area contributed by atoms with Crippen LogP contribution >= 0.6 is 0 Å². The van der Waals surface area contributed by atoms with Crippen molar-refractivity contribution in [2.24, 2.45) is 0 Å². The summed E-state index contributed by atoms with van der Waals surface area (Å²) in [5.74, 6) is 0. The minimum atomic E-state index is -4.88. The highest BCUT2D eigenvalue weighted by Crippen LogP contribution is 2.45. The van der Waals surface area contributed by atoms with Gasteiger partial charge in [0.05, 0.1) is 105 Å². The molecule has 2 heterocycles. The minimum Gasteiger partial charge on any atom is -0.447 e. The van der Waals surface area contributed by atoms with Crippen LogP contribution in [0.1, 0.15) is 59.3 Å². The highest BCUT2D eigenvalue weighted by Gasteiger charge is 2.48. The van der Waals surface area contributed by atoms with E-state index >= 15 is 0 Å². The van der Waals surface area contributed by atoms with E-state index in [-0.39, 0.29) is 46.9 Å². The van der Waals surface area contributed by atoms with Crippen molar-refractivity contribution in [3.8, 4) is 24.3 Å². The summed E-state index contributed by atoms with van der Waals surface area (Å²) in [6, 6.07) is 14.0. The number of carbonyl (C=O) groups excluding carboxylic acids is 4. The second-order valence-electron chi connectivity index (χ2n) is 16.8. The van der Waals surface area contributed by atoms with E-state index in [1.54, 1.807) is 12.1 Å². The van der Waals surface area contributed by atoms with Crippen LogP contribution in [0.3, 0.4) is 0 Å². The van der Waals surface area contributed by atoms with Crippen LogP contribution in [0.25, 0.3) is 0 Å². The van der Waals surface area contributed by atoms with E-state index < -0.39 is 138 Å². The van der Waals surface area contributed by atoms with Gasteiger partial charge in [0, 0.05) is 23.9 Å². The van der Waals surface area contributed by atoms with E-state index in [1.165, 1.54) is 13.8 Å². The zero-order valence-corrected chi connectivity index (χ0v) is 42.7. The average Bonchev–Trinajstić information content (AvgIpc) is 3.57. The van der Waals surface area contributed by atoms with E-state index in [9.17, 15) is 83.4 Å². The van der Waals surface area contributed by atoms with Crippen molar-refractivity contribution in [3.05, 3.63) is 141 Å². The minimum absolute atomic E-state index is 0.147. The zero-order chi connectivity index (χ0) is 57.7. The number of imide groups is 2. The summed E-state index contributed by atoms with van der Waals surface area (Å²) in [5, 5.41) is 39.9. The van der Waals surface area contributed by atoms with Crippen LogP contribution in [0, 0.1) is 45.3 Å². The molecule has 2 atom stereocenters. The molecule has 0 saturated heterocycles. The number of rotatable bonds is 15. The summed E-state index contributed by atoms with van der Waals surface area (Å²) >= 11 is 0. The summed E-state index contributed by atoms with van der Waals surface area (Å²) in [4.78, 5) is 57.3. The highest BCUT2D eigenvalue weighted by molar-refractivity contribution is 7.91. The lowest BCUT2D eigenvalue weighted by molar-refractivity contribution is -0.138. The molecular weight excluding hydrogens is 1080 g/mol. The number of allylic oxidation sites excluding steroid dienone is 2. The van der Waals surface area contributed by atoms with Gasteiger partial charge in [-0.2, -0.15) is 47.4 Å². The number of sulfone groups is 2. The van der Waals surface area contributed by atoms with Crippen molar-refractivity contribution < 1.29 is 81.3 Å². The fraction of sp³-hybridized carbons (Fsp3) is 0.280. The van der Waals surface area contributed by atoms with Gasteiger partial charge in [-0.3, -0.25) is 9.80 Å². The summed E-state index contributed by atoms with van der Waals surface area (Å²) in [6.07, 6.45) is -11.2. The number of anilines is 2. The number of benzene rings is 4. The number of alkyl halides is 6. The molecule has 6 amide bonds. The Morgan fingerprint density at radius 1 is 0.538 bits per heavy atom. The van der Waals surface area contributed by atoms with E-state index in [1.807, 2.05) is 12.1 Å². The largest absolute Gasteiger partial charge is 0.447 e. The number of hydrogen-bond acceptors (Lipinski definition) is 16. The molecule has 0 N–H and O–H groups in total. The highest BCUT2D eigenvalue weighted by atomic mass is 32.2. The Morgan fingerprint density at radius 2 is 0.885 bits per heavy atom. The molecule has 2 aliphatic heterocycles. The van der Waals surface area contributed by atoms with E-state index in [2.05, 4.69) is 0 Å². The van der Waals surface area contributed by atoms with Crippen molar-refractivity contribution in [1.82, 2.24) is 9.80 Å². The molecular formula is C50H40F6N8O12S2. The number of hydrogen-bond donors (Lipinski definition) is 0. The Morgan fingerprint density at radius 3 is 1.19 bits per heavy atom. The SMILES string of the molecule is CC1=C(C#N)[C@@H](c2ccc(C#N)cc2S(C)(=O)=O)N(C(=O)OCCOCCOCCOC(=O)N2C(=O)N(c3cccc(C(F)(F)F)c3)C(C)=C(C#N)[C@H]2c2ccc(C#N)cc2S(C)(=O)=O)C(=O)N1c1cccc(C(F)(F)F)c1. The van der Waals surface area contributed by atoms with Crippen LogP contribution in [-0.2, 0) is 51.0 Å². The molecule has 20 nitrogen and oxygen atoms in total. The maximum Gasteiger partial charge on any atom is 0.418 e. The number of urea groups is 2. The molecule has 0 aliphatic carbocycles. The molecule has 0 bridgehead atoms. The third kappa shape index (κ3) is 12.4. The van der Waals surface area contributed by atoms with Crippen LogP contribution in [0.5, 0.6) is 0 Å². The lowest BCUT2D eigenvalue weighted by Crippen LogP contribution is -2.52. The molecule has 6 rings (SSSR count). The fourth-order valence-electron chi connectivity index (χ4n) is 8.25. The summed E-state index contributed by atoms with van der Waals surface area (Å²) in [6.45, 7) is -0.219. The first-order chi connectivity index (χ1) is 36.6. The Labute approximate surface area is 441 Å². The number of halogens is 6. The molecule has 0 saturated carbocycles. The number of carbonyl (C=O) groups is 4. The van der Waals surface area contributed by atoms with Crippen LogP contribution < -0.4 is 9.80 Å². The van der Waals surface area contributed by atoms with Gasteiger partial charge in [0.25, 0.3) is 0 Å². The lowest BCUT2D eigenvalue weighted by Gasteiger charge is -2.40. The molecule has 406 valence electrons. The molecule has 4 aromatic rings. The third-order valence-corrected chi connectivity index (χ3v) is 14.1. The fourth-order valence-corrected chi connectivity index (χ4v) is 10.1. The van der Waals surface area contributed by atoms with Gasteiger partial charge >= 0.3 is 36.6 Å². The molecule has 4 aromatic carbocycles. The molecule has 28 heteroatoms. The van der Waals surface area contributed by atoms with Gasteiger partial charge in [-0.15, -0.1) is 0 Å². The smallest absolute Gasteiger partial charge is 0.418 e. The van der Waals surface area contributed by atoms with Gasteiger partial charge in [0.2, 0.25) is 0 Å². The van der Waals surface area contributed by atoms with Gasteiger partial charge in [-0.05, 0) is 85.6 Å². The summed E-state index contributed by atoms with van der Waals surface area (Å²) in [5.41, 5.74) is -5.62. The molecule has 0 spiro atoms. The molecule has 0 radical (unpaired) electrons. The van der Waals surface area contributed by atoms with Crippen LogP contribution in [-0.4, -0.2) is 103 Å². The van der Waals surface area contributed by atoms with Crippen LogP contribution in [0.15, 0.2) is 117 Å². The standard InChI is InChI=1S/C50H40F6N8O12S2/c1-29-39(27-59)43(37-13-11-31(25-57)21-41(37)77(3,69)70)63(45(65)61(29)35-9-5-7-33(23-35)49(51,52)53)47(67)75-19-17-73-15-16-74-18-20-76-48(68)64-44(38-14-12-32(26-58)22-42(38)78(4,71)72)40(28-60)30(2)62(46(64)66)36-10-6-8-34(24-36)50(54,55)56/h5-14,21-24,43-44H,15-20H2,1-4H3/t43-,44-/m1/s1. The van der Waals surface area contributed by atoms with Gasteiger partial charge in [0.1, 0.15) is 25.3 Å². The van der Waals surface area contributed by atoms with Crippen molar-refractivity contribution in [2.45, 2.75) is 48.1 Å². The number of nitriles is 4. The Kier molecular flexibility index (Phi) is 17.4. The molecule has 0 aromatic heterocycles. The maximum atomic E-state index is 14.3. The monoisotopic (exact) mass is 1120 g/mol. The zero-order valence-electron chi connectivity index (χ0n) is 41.0. The summed E-state index contributed by atoms with van der Waals surface area (Å²) in [7, 11) is -8.52. The first-order valence-electron chi connectivity index (χ1n) is 22.4. The second-order valence-corrected chi connectivity index (χ2v) is 20.8. The first-order valence-corrected chi connectivity index (χ1v) is 26.2. The normalized spacial score (nSPS) is 16.3. The molecule has 2 aliphatic rings. The Balaban J connectivity index is 1.15. The Hall–Kier alpha value is -8.80. The average molecular weight is 1120 g/mol. The maximum absolute atomic E-state index is 14.3. The number of amides is 6. The summed E-state index contributed by atoms with van der Waals surface area (Å²) < 4.78 is 156. The topological polar surface area (TPSA) is 282 Å². The predicted molar refractivity (Wildman–Crippen MR) is 257 cm³/mol. The number of ether oxygens (including phenoxy) is 4. The van der Waals surface area contributed by atoms with E-state index in [4.69, 9.17) is 18.9 Å². The molecule has 78 heavy (non-hydrogen) atoms. The van der Waals surface area contributed by atoms with E-state index in [0.717, 1.165) is 85.3 Å². The van der Waals surface area contributed by atoms with Gasteiger partial charge in [0.15, 0.2) is 19.7 Å². The van der Waals surface area contributed by atoms with Crippen molar-refractivity contribution in [1.29, 1.82) is 21.0 Å². The van der Waals surface area contributed by atoms with Gasteiger partial charge < -0.3 is 18.9 Å². The van der Waals surface area contributed by atoms with Crippen LogP contribution in [0.4, 0.5) is 56.9 Å². The molecule has 0 fully saturated rings. The van der Waals surface area contributed by atoms with Crippen molar-refractivity contribution in [3.63, 3.8) is 0 Å².